The number of aliphatic hydroxyl groups excluding tert-OH is 1. The summed E-state index contributed by atoms with van der Waals surface area (Å²) in [5.41, 5.74) is 5.72. The lowest BCUT2D eigenvalue weighted by Gasteiger charge is -2.14. The van der Waals surface area contributed by atoms with Crippen molar-refractivity contribution in [1.29, 1.82) is 0 Å². The van der Waals surface area contributed by atoms with Gasteiger partial charge in [-0.2, -0.15) is 0 Å². The molecule has 0 saturated carbocycles. The topological polar surface area (TPSA) is 71.2 Å². The maximum absolute atomic E-state index is 12.6. The van der Waals surface area contributed by atoms with Crippen molar-refractivity contribution >= 4 is 23.1 Å². The average molecular weight is 238 g/mol. The highest BCUT2D eigenvalue weighted by molar-refractivity contribution is 6.33. The first-order valence-electron chi connectivity index (χ1n) is 4.08. The zero-order valence-electron chi connectivity index (χ0n) is 7.67. The van der Waals surface area contributed by atoms with Gasteiger partial charge in [-0.3, -0.25) is 0 Å². The van der Waals surface area contributed by atoms with E-state index in [0.717, 1.165) is 0 Å². The van der Waals surface area contributed by atoms with Crippen molar-refractivity contribution in [3.8, 4) is 0 Å². The van der Waals surface area contributed by atoms with Gasteiger partial charge in [-0.15, -0.1) is 0 Å². The first kappa shape index (κ1) is 11.9. The Hall–Kier alpha value is -1.14. The van der Waals surface area contributed by atoms with E-state index in [1.807, 2.05) is 0 Å². The molecule has 15 heavy (non-hydrogen) atoms. The van der Waals surface area contributed by atoms with Crippen molar-refractivity contribution in [3.05, 3.63) is 17.3 Å². The van der Waals surface area contributed by atoms with Gasteiger partial charge in [0.2, 0.25) is 0 Å². The van der Waals surface area contributed by atoms with Gasteiger partial charge >= 0.3 is 0 Å². The van der Waals surface area contributed by atoms with E-state index in [4.69, 9.17) is 22.4 Å². The highest BCUT2D eigenvalue weighted by Crippen LogP contribution is 2.22. The molecule has 0 unspecified atom stereocenters. The lowest BCUT2D eigenvalue weighted by atomic mass is 10.3. The van der Waals surface area contributed by atoms with Crippen molar-refractivity contribution in [2.75, 3.05) is 24.2 Å². The van der Waals surface area contributed by atoms with Gasteiger partial charge in [0.1, 0.15) is 12.4 Å². The summed E-state index contributed by atoms with van der Waals surface area (Å²) >= 11 is 5.69. The molecule has 1 aromatic rings. The smallest absolute Gasteiger partial charge is 0.287 e. The molecule has 0 saturated heterocycles. The number of hydrogen-bond donors (Lipinski definition) is 3. The van der Waals surface area contributed by atoms with E-state index >= 15 is 0 Å². The highest BCUT2D eigenvalue weighted by Gasteiger charge is 2.27. The number of pyridine rings is 1. The van der Waals surface area contributed by atoms with Crippen LogP contribution in [0.1, 0.15) is 0 Å². The zero-order valence-corrected chi connectivity index (χ0v) is 8.43. The number of halogens is 3. The molecule has 1 heterocycles. The lowest BCUT2D eigenvalue weighted by Crippen LogP contribution is -2.31. The quantitative estimate of drug-likeness (QED) is 0.739. The SMILES string of the molecule is Nc1cnc(NCC(F)(F)CO)c(Cl)c1. The van der Waals surface area contributed by atoms with Crippen LogP contribution in [0.5, 0.6) is 0 Å². The Morgan fingerprint density at radius 1 is 1.60 bits per heavy atom. The van der Waals surface area contributed by atoms with E-state index in [1.165, 1.54) is 12.3 Å². The fourth-order valence-corrected chi connectivity index (χ4v) is 1.09. The number of nitrogen functional groups attached to an aromatic ring is 1. The lowest BCUT2D eigenvalue weighted by molar-refractivity contribution is -0.0373. The Labute approximate surface area is 90.1 Å². The van der Waals surface area contributed by atoms with E-state index in [-0.39, 0.29) is 10.8 Å². The standard InChI is InChI=1S/C8H10ClF2N3O/c9-6-1-5(12)2-13-7(6)14-3-8(10,11)4-15/h1-2,15H,3-4,12H2,(H,13,14). The number of nitrogens with two attached hydrogens (primary N) is 1. The fourth-order valence-electron chi connectivity index (χ4n) is 0.852. The summed E-state index contributed by atoms with van der Waals surface area (Å²) in [6.45, 7) is -1.97. The predicted molar refractivity (Wildman–Crippen MR) is 54.2 cm³/mol. The van der Waals surface area contributed by atoms with E-state index < -0.39 is 19.1 Å². The summed E-state index contributed by atoms with van der Waals surface area (Å²) < 4.78 is 25.3. The molecular formula is C8H10ClF2N3O. The monoisotopic (exact) mass is 237 g/mol. The number of rotatable bonds is 4. The number of alkyl halides is 2. The molecule has 0 aliphatic carbocycles. The predicted octanol–water partition coefficient (Wildman–Crippen LogP) is 1.36. The van der Waals surface area contributed by atoms with E-state index in [9.17, 15) is 8.78 Å². The minimum absolute atomic E-state index is 0.110. The Balaban J connectivity index is 2.66. The van der Waals surface area contributed by atoms with Crippen LogP contribution >= 0.6 is 11.6 Å². The molecular weight excluding hydrogens is 228 g/mol. The zero-order chi connectivity index (χ0) is 11.5. The second-order valence-corrected chi connectivity index (χ2v) is 3.37. The summed E-state index contributed by atoms with van der Waals surface area (Å²) in [5, 5.41) is 10.8. The van der Waals surface area contributed by atoms with Crippen molar-refractivity contribution in [3.63, 3.8) is 0 Å². The molecule has 4 nitrogen and oxygen atoms in total. The summed E-state index contributed by atoms with van der Waals surface area (Å²) in [5.74, 6) is -3.09. The van der Waals surface area contributed by atoms with Crippen LogP contribution in [0.4, 0.5) is 20.3 Å². The molecule has 4 N–H and O–H groups in total. The minimum Gasteiger partial charge on any atom is -0.397 e. The first-order chi connectivity index (χ1) is 6.94. The molecule has 0 amide bonds. The third kappa shape index (κ3) is 3.49. The van der Waals surface area contributed by atoms with Crippen LogP contribution in [-0.4, -0.2) is 29.2 Å². The van der Waals surface area contributed by atoms with Crippen LogP contribution in [0, 0.1) is 0 Å². The van der Waals surface area contributed by atoms with Crippen LogP contribution in [0.25, 0.3) is 0 Å². The summed E-state index contributed by atoms with van der Waals surface area (Å²) in [4.78, 5) is 3.73. The van der Waals surface area contributed by atoms with Gasteiger partial charge in [0.15, 0.2) is 0 Å². The van der Waals surface area contributed by atoms with Crippen molar-refractivity contribution in [1.82, 2.24) is 4.98 Å². The molecule has 0 radical (unpaired) electrons. The van der Waals surface area contributed by atoms with Gasteiger partial charge in [-0.05, 0) is 6.07 Å². The maximum Gasteiger partial charge on any atom is 0.287 e. The van der Waals surface area contributed by atoms with E-state index in [2.05, 4.69) is 10.3 Å². The summed E-state index contributed by atoms with van der Waals surface area (Å²) in [7, 11) is 0. The molecule has 0 aliphatic rings. The van der Waals surface area contributed by atoms with Crippen LogP contribution in [0.15, 0.2) is 12.3 Å². The van der Waals surface area contributed by atoms with Gasteiger partial charge in [0, 0.05) is 0 Å². The number of anilines is 2. The Morgan fingerprint density at radius 3 is 2.80 bits per heavy atom. The minimum atomic E-state index is -3.20. The van der Waals surface area contributed by atoms with Crippen LogP contribution in [-0.2, 0) is 0 Å². The Morgan fingerprint density at radius 2 is 2.27 bits per heavy atom. The van der Waals surface area contributed by atoms with Crippen molar-refractivity contribution in [2.24, 2.45) is 0 Å². The van der Waals surface area contributed by atoms with Crippen LogP contribution in [0.2, 0.25) is 5.02 Å². The van der Waals surface area contributed by atoms with Crippen LogP contribution in [0.3, 0.4) is 0 Å². The Kier molecular flexibility index (Phi) is 3.65. The third-order valence-electron chi connectivity index (χ3n) is 1.61. The van der Waals surface area contributed by atoms with Crippen molar-refractivity contribution < 1.29 is 13.9 Å². The highest BCUT2D eigenvalue weighted by atomic mass is 35.5. The van der Waals surface area contributed by atoms with E-state index in [0.29, 0.717) is 5.69 Å². The molecule has 0 aliphatic heterocycles. The van der Waals surface area contributed by atoms with Crippen molar-refractivity contribution in [2.45, 2.75) is 5.92 Å². The summed E-state index contributed by atoms with van der Waals surface area (Å²) in [6, 6.07) is 1.40. The van der Waals surface area contributed by atoms with Crippen LogP contribution < -0.4 is 11.1 Å². The van der Waals surface area contributed by atoms with E-state index in [1.54, 1.807) is 0 Å². The first-order valence-corrected chi connectivity index (χ1v) is 4.46. The van der Waals surface area contributed by atoms with Gasteiger partial charge in [-0.25, -0.2) is 13.8 Å². The largest absolute Gasteiger partial charge is 0.397 e. The second kappa shape index (κ2) is 4.59. The molecule has 0 spiro atoms. The molecule has 0 bridgehead atoms. The number of hydrogen-bond acceptors (Lipinski definition) is 4. The molecule has 1 rings (SSSR count). The molecule has 7 heteroatoms. The maximum atomic E-state index is 12.6. The van der Waals surface area contributed by atoms with Gasteiger partial charge in [0.25, 0.3) is 5.92 Å². The molecule has 0 fully saturated rings. The molecule has 1 aromatic heterocycles. The molecule has 84 valence electrons. The normalized spacial score (nSPS) is 11.5. The molecule has 0 aromatic carbocycles. The number of nitrogens with one attached hydrogen (secondary N) is 1. The number of aliphatic hydroxyl groups is 1. The molecule has 0 atom stereocenters. The average Bonchev–Trinajstić information content (AvgIpc) is 2.16. The van der Waals surface area contributed by atoms with Gasteiger partial charge in [0.05, 0.1) is 23.5 Å². The number of aromatic nitrogens is 1. The van der Waals surface area contributed by atoms with Gasteiger partial charge in [-0.1, -0.05) is 11.6 Å². The number of nitrogens with zero attached hydrogens (tertiary/aromatic N) is 1. The second-order valence-electron chi connectivity index (χ2n) is 2.97. The van der Waals surface area contributed by atoms with Gasteiger partial charge < -0.3 is 16.2 Å². The summed E-state index contributed by atoms with van der Waals surface area (Å²) in [6.07, 6.45) is 1.30. The Bertz CT molecular complexity index is 349. The third-order valence-corrected chi connectivity index (χ3v) is 1.90. The fraction of sp³-hybridized carbons (Fsp3) is 0.375.